The van der Waals surface area contributed by atoms with Crippen molar-refractivity contribution in [2.24, 2.45) is 7.05 Å². The summed E-state index contributed by atoms with van der Waals surface area (Å²) in [5.74, 6) is -2.59. The number of aliphatic carboxylic acids is 1. The Balaban J connectivity index is 2.91. The zero-order valence-electron chi connectivity index (χ0n) is 11.8. The van der Waals surface area contributed by atoms with Gasteiger partial charge in [-0.25, -0.2) is 4.79 Å². The Morgan fingerprint density at radius 3 is 2.40 bits per heavy atom. The minimum absolute atomic E-state index is 0.309. The number of amides is 1. The molecule has 1 aromatic heterocycles. The molecular formula is C12H17N3O5. The van der Waals surface area contributed by atoms with Gasteiger partial charge in [0.15, 0.2) is 0 Å². The first-order valence-electron chi connectivity index (χ1n) is 5.88. The van der Waals surface area contributed by atoms with Gasteiger partial charge < -0.3 is 15.2 Å². The average molecular weight is 283 g/mol. The standard InChI is InChI=1S/C12H17N3O5/c1-6-10(7(2)15(3)14-6)11(17)13-8(12(18)19)5-9(16)20-4/h8H,5H2,1-4H3,(H,13,17)(H,18,19)/t8-/m0/s1. The highest BCUT2D eigenvalue weighted by Gasteiger charge is 2.26. The van der Waals surface area contributed by atoms with Gasteiger partial charge in [0.05, 0.1) is 24.8 Å². The highest BCUT2D eigenvalue weighted by Crippen LogP contribution is 2.12. The molecule has 0 saturated carbocycles. The number of ether oxygens (including phenoxy) is 1. The van der Waals surface area contributed by atoms with Crippen molar-refractivity contribution in [3.8, 4) is 0 Å². The number of methoxy groups -OCH3 is 1. The number of carboxylic acids is 1. The Kier molecular flexibility index (Phi) is 4.84. The molecule has 1 aromatic rings. The number of hydrogen-bond donors (Lipinski definition) is 2. The largest absolute Gasteiger partial charge is 0.480 e. The first kappa shape index (κ1) is 15.7. The summed E-state index contributed by atoms with van der Waals surface area (Å²) in [5, 5.41) is 15.4. The molecule has 0 aliphatic rings. The Morgan fingerprint density at radius 2 is 2.00 bits per heavy atom. The van der Waals surface area contributed by atoms with Crippen LogP contribution in [0, 0.1) is 13.8 Å². The van der Waals surface area contributed by atoms with Crippen LogP contribution < -0.4 is 5.32 Å². The normalized spacial score (nSPS) is 11.8. The van der Waals surface area contributed by atoms with Crippen molar-refractivity contribution in [3.63, 3.8) is 0 Å². The smallest absolute Gasteiger partial charge is 0.326 e. The van der Waals surface area contributed by atoms with E-state index in [0.717, 1.165) is 7.11 Å². The van der Waals surface area contributed by atoms with E-state index in [4.69, 9.17) is 5.11 Å². The molecule has 2 N–H and O–H groups in total. The molecule has 0 aromatic carbocycles. The van der Waals surface area contributed by atoms with E-state index in [2.05, 4.69) is 15.2 Å². The number of carbonyl (C=O) groups is 3. The van der Waals surface area contributed by atoms with Crippen LogP contribution in [-0.2, 0) is 21.4 Å². The van der Waals surface area contributed by atoms with Crippen LogP contribution in [0.15, 0.2) is 0 Å². The first-order chi connectivity index (χ1) is 9.27. The number of hydrogen-bond acceptors (Lipinski definition) is 5. The maximum absolute atomic E-state index is 12.1. The van der Waals surface area contributed by atoms with E-state index in [1.807, 2.05) is 0 Å². The van der Waals surface area contributed by atoms with Crippen LogP contribution in [0.25, 0.3) is 0 Å². The van der Waals surface area contributed by atoms with E-state index in [9.17, 15) is 14.4 Å². The lowest BCUT2D eigenvalue weighted by Crippen LogP contribution is -2.42. The monoisotopic (exact) mass is 283 g/mol. The van der Waals surface area contributed by atoms with Crippen LogP contribution >= 0.6 is 0 Å². The van der Waals surface area contributed by atoms with Gasteiger partial charge in [-0.15, -0.1) is 0 Å². The SMILES string of the molecule is COC(=O)C[C@H](NC(=O)c1c(C)nn(C)c1C)C(=O)O. The molecule has 1 rings (SSSR count). The average Bonchev–Trinajstić information content (AvgIpc) is 2.61. The summed E-state index contributed by atoms with van der Waals surface area (Å²) in [4.78, 5) is 34.3. The molecule has 8 heteroatoms. The molecule has 0 bridgehead atoms. The zero-order valence-corrected chi connectivity index (χ0v) is 11.8. The number of carboxylic acid groups (broad SMARTS) is 1. The quantitative estimate of drug-likeness (QED) is 0.723. The van der Waals surface area contributed by atoms with Gasteiger partial charge in [0.1, 0.15) is 6.04 Å². The van der Waals surface area contributed by atoms with Gasteiger partial charge in [0.25, 0.3) is 5.91 Å². The van der Waals surface area contributed by atoms with Crippen molar-refractivity contribution in [1.82, 2.24) is 15.1 Å². The van der Waals surface area contributed by atoms with Gasteiger partial charge in [-0.3, -0.25) is 14.3 Å². The van der Waals surface area contributed by atoms with Crippen LogP contribution in [0.2, 0.25) is 0 Å². The molecule has 0 spiro atoms. The van der Waals surface area contributed by atoms with Crippen molar-refractivity contribution in [2.75, 3.05) is 7.11 Å². The molecule has 1 atom stereocenters. The van der Waals surface area contributed by atoms with Crippen molar-refractivity contribution in [1.29, 1.82) is 0 Å². The van der Waals surface area contributed by atoms with Gasteiger partial charge >= 0.3 is 11.9 Å². The van der Waals surface area contributed by atoms with Gasteiger partial charge in [-0.05, 0) is 13.8 Å². The zero-order chi connectivity index (χ0) is 15.4. The molecule has 8 nitrogen and oxygen atoms in total. The van der Waals surface area contributed by atoms with E-state index in [1.165, 1.54) is 4.68 Å². The van der Waals surface area contributed by atoms with Gasteiger partial charge in [0.2, 0.25) is 0 Å². The second kappa shape index (κ2) is 6.18. The topological polar surface area (TPSA) is 111 Å². The summed E-state index contributed by atoms with van der Waals surface area (Å²) in [6.45, 7) is 3.35. The third kappa shape index (κ3) is 3.34. The molecule has 1 heterocycles. The number of rotatable bonds is 5. The molecule has 0 aliphatic heterocycles. The molecule has 0 radical (unpaired) electrons. The maximum Gasteiger partial charge on any atom is 0.326 e. The van der Waals surface area contributed by atoms with Crippen LogP contribution in [0.5, 0.6) is 0 Å². The number of esters is 1. The number of nitrogens with one attached hydrogen (secondary N) is 1. The van der Waals surface area contributed by atoms with Gasteiger partial charge in [0, 0.05) is 12.7 Å². The van der Waals surface area contributed by atoms with Crippen LogP contribution in [0.1, 0.15) is 28.2 Å². The van der Waals surface area contributed by atoms with E-state index in [1.54, 1.807) is 20.9 Å². The Bertz CT molecular complexity index is 550. The number of nitrogens with zero attached hydrogens (tertiary/aromatic N) is 2. The summed E-state index contributed by atoms with van der Waals surface area (Å²) >= 11 is 0. The molecular weight excluding hydrogens is 266 g/mol. The third-order valence-corrected chi connectivity index (χ3v) is 2.94. The summed E-state index contributed by atoms with van der Waals surface area (Å²) < 4.78 is 5.93. The third-order valence-electron chi connectivity index (χ3n) is 2.94. The van der Waals surface area contributed by atoms with Crippen molar-refractivity contribution >= 4 is 17.8 Å². The molecule has 0 unspecified atom stereocenters. The lowest BCUT2D eigenvalue weighted by molar-refractivity contribution is -0.147. The fourth-order valence-corrected chi connectivity index (χ4v) is 1.78. The lowest BCUT2D eigenvalue weighted by Gasteiger charge is -2.13. The predicted molar refractivity (Wildman–Crippen MR) is 68.2 cm³/mol. The van der Waals surface area contributed by atoms with E-state index in [0.29, 0.717) is 17.0 Å². The highest BCUT2D eigenvalue weighted by molar-refractivity contribution is 5.99. The summed E-state index contributed by atoms with van der Waals surface area (Å²) in [6, 6.07) is -1.34. The second-order valence-corrected chi connectivity index (χ2v) is 4.31. The Labute approximate surface area is 115 Å². The molecule has 0 aliphatic carbocycles. The van der Waals surface area contributed by atoms with Gasteiger partial charge in [-0.1, -0.05) is 0 Å². The van der Waals surface area contributed by atoms with Crippen LogP contribution in [0.3, 0.4) is 0 Å². The Morgan fingerprint density at radius 1 is 1.40 bits per heavy atom. The van der Waals surface area contributed by atoms with Crippen LogP contribution in [-0.4, -0.2) is 45.9 Å². The molecule has 1 amide bonds. The summed E-state index contributed by atoms with van der Waals surface area (Å²) in [5.41, 5.74) is 1.41. The highest BCUT2D eigenvalue weighted by atomic mass is 16.5. The molecule has 110 valence electrons. The maximum atomic E-state index is 12.1. The van der Waals surface area contributed by atoms with E-state index < -0.39 is 30.3 Å². The minimum Gasteiger partial charge on any atom is -0.480 e. The molecule has 0 saturated heterocycles. The first-order valence-corrected chi connectivity index (χ1v) is 5.88. The minimum atomic E-state index is -1.34. The van der Waals surface area contributed by atoms with Crippen molar-refractivity contribution in [2.45, 2.75) is 26.3 Å². The lowest BCUT2D eigenvalue weighted by atomic mass is 10.1. The number of aromatic nitrogens is 2. The number of carbonyl (C=O) groups excluding carboxylic acids is 2. The Hall–Kier alpha value is -2.38. The van der Waals surface area contributed by atoms with Crippen molar-refractivity contribution in [3.05, 3.63) is 17.0 Å². The van der Waals surface area contributed by atoms with E-state index in [-0.39, 0.29) is 0 Å². The summed E-state index contributed by atoms with van der Waals surface area (Å²) in [7, 11) is 2.83. The van der Waals surface area contributed by atoms with E-state index >= 15 is 0 Å². The van der Waals surface area contributed by atoms with Gasteiger partial charge in [-0.2, -0.15) is 5.10 Å². The fourth-order valence-electron chi connectivity index (χ4n) is 1.78. The fraction of sp³-hybridized carbons (Fsp3) is 0.500. The predicted octanol–water partition coefficient (Wildman–Crippen LogP) is -0.217. The van der Waals surface area contributed by atoms with Crippen molar-refractivity contribution < 1.29 is 24.2 Å². The van der Waals surface area contributed by atoms with Crippen LogP contribution in [0.4, 0.5) is 0 Å². The molecule has 0 fully saturated rings. The molecule has 20 heavy (non-hydrogen) atoms. The summed E-state index contributed by atoms with van der Waals surface area (Å²) in [6.07, 6.45) is -0.435. The second-order valence-electron chi connectivity index (χ2n) is 4.31. The number of aryl methyl sites for hydroxylation is 2.